The first-order chi connectivity index (χ1) is 13.2. The monoisotopic (exact) mass is 423 g/mol. The van der Waals surface area contributed by atoms with Crippen molar-refractivity contribution in [1.82, 2.24) is 15.2 Å². The number of anilines is 2. The van der Waals surface area contributed by atoms with Crippen LogP contribution in [0, 0.1) is 5.92 Å². The van der Waals surface area contributed by atoms with Gasteiger partial charge in [-0.05, 0) is 30.2 Å². The number of thiazole rings is 1. The summed E-state index contributed by atoms with van der Waals surface area (Å²) in [6.45, 7) is 3.68. The molecular formula is C18H22ClN5O3S. The minimum Gasteiger partial charge on any atom is -0.354 e. The van der Waals surface area contributed by atoms with E-state index in [0.29, 0.717) is 15.8 Å². The number of carbonyl (C=O) groups excluding carboxylic acids is 3. The lowest BCUT2D eigenvalue weighted by atomic mass is 10.0. The Morgan fingerprint density at radius 2 is 1.79 bits per heavy atom. The molecule has 0 aliphatic carbocycles. The first-order valence-electron chi connectivity index (χ1n) is 8.50. The average Bonchev–Trinajstić information content (AvgIpc) is 3.11. The van der Waals surface area contributed by atoms with Crippen LogP contribution in [0.25, 0.3) is 0 Å². The van der Waals surface area contributed by atoms with Crippen molar-refractivity contribution in [3.8, 4) is 0 Å². The van der Waals surface area contributed by atoms with Crippen LogP contribution in [0.15, 0.2) is 29.6 Å². The fourth-order valence-electron chi connectivity index (χ4n) is 2.54. The van der Waals surface area contributed by atoms with Crippen LogP contribution in [-0.4, -0.2) is 47.9 Å². The van der Waals surface area contributed by atoms with E-state index >= 15 is 0 Å². The molecule has 1 aromatic heterocycles. The SMILES string of the molecule is CNC(=O)c1csc(NC(=O)[C@H](C(C)C)N(C)C(=O)Nc2ccc(Cl)cc2)n1. The number of benzene rings is 1. The van der Waals surface area contributed by atoms with E-state index in [0.717, 1.165) is 11.3 Å². The van der Waals surface area contributed by atoms with E-state index in [-0.39, 0.29) is 23.4 Å². The topological polar surface area (TPSA) is 103 Å². The molecule has 1 aromatic carbocycles. The Bertz CT molecular complexity index is 853. The molecule has 1 atom stereocenters. The molecule has 28 heavy (non-hydrogen) atoms. The quantitative estimate of drug-likeness (QED) is 0.663. The van der Waals surface area contributed by atoms with E-state index in [1.165, 1.54) is 11.9 Å². The number of halogens is 1. The van der Waals surface area contributed by atoms with Gasteiger partial charge in [0.2, 0.25) is 5.91 Å². The molecule has 0 unspecified atom stereocenters. The maximum Gasteiger partial charge on any atom is 0.322 e. The van der Waals surface area contributed by atoms with Gasteiger partial charge in [0.1, 0.15) is 11.7 Å². The molecular weight excluding hydrogens is 402 g/mol. The highest BCUT2D eigenvalue weighted by molar-refractivity contribution is 7.14. The van der Waals surface area contributed by atoms with Gasteiger partial charge in [-0.25, -0.2) is 9.78 Å². The van der Waals surface area contributed by atoms with Gasteiger partial charge in [0.05, 0.1) is 0 Å². The molecule has 0 bridgehead atoms. The van der Waals surface area contributed by atoms with Gasteiger partial charge in [-0.1, -0.05) is 25.4 Å². The molecule has 1 heterocycles. The Morgan fingerprint density at radius 3 is 2.36 bits per heavy atom. The number of nitrogens with one attached hydrogen (secondary N) is 3. The van der Waals surface area contributed by atoms with Gasteiger partial charge < -0.3 is 20.9 Å². The third-order valence-corrected chi connectivity index (χ3v) is 4.94. The minimum absolute atomic E-state index is 0.153. The predicted octanol–water partition coefficient (Wildman–Crippen LogP) is 3.28. The lowest BCUT2D eigenvalue weighted by Crippen LogP contribution is -2.49. The van der Waals surface area contributed by atoms with Crippen molar-refractivity contribution in [2.24, 2.45) is 5.92 Å². The van der Waals surface area contributed by atoms with Crippen molar-refractivity contribution >= 4 is 51.6 Å². The average molecular weight is 424 g/mol. The number of likely N-dealkylation sites (N-methyl/N-ethyl adjacent to an activating group) is 1. The number of hydrogen-bond donors (Lipinski definition) is 3. The van der Waals surface area contributed by atoms with Gasteiger partial charge in [0.15, 0.2) is 5.13 Å². The molecule has 10 heteroatoms. The summed E-state index contributed by atoms with van der Waals surface area (Å²) < 4.78 is 0. The van der Waals surface area contributed by atoms with Gasteiger partial charge in [-0.2, -0.15) is 0 Å². The lowest BCUT2D eigenvalue weighted by Gasteiger charge is -2.30. The van der Waals surface area contributed by atoms with E-state index < -0.39 is 12.1 Å². The summed E-state index contributed by atoms with van der Waals surface area (Å²) in [7, 11) is 3.05. The molecule has 0 radical (unpaired) electrons. The van der Waals surface area contributed by atoms with Crippen molar-refractivity contribution < 1.29 is 14.4 Å². The standard InChI is InChI=1S/C18H22ClN5O3S/c1-10(2)14(16(26)23-17-22-13(9-28-17)15(25)20-3)24(4)18(27)21-12-7-5-11(19)6-8-12/h5-10,14H,1-4H3,(H,20,25)(H,21,27)(H,22,23,26)/t14-/m0/s1. The fourth-order valence-corrected chi connectivity index (χ4v) is 3.36. The highest BCUT2D eigenvalue weighted by atomic mass is 35.5. The number of nitrogens with zero attached hydrogens (tertiary/aromatic N) is 2. The van der Waals surface area contributed by atoms with Crippen molar-refractivity contribution in [3.63, 3.8) is 0 Å². The summed E-state index contributed by atoms with van der Waals surface area (Å²) in [5.74, 6) is -0.877. The summed E-state index contributed by atoms with van der Waals surface area (Å²) in [4.78, 5) is 42.3. The maximum absolute atomic E-state index is 12.8. The lowest BCUT2D eigenvalue weighted by molar-refractivity contribution is -0.121. The van der Waals surface area contributed by atoms with Gasteiger partial charge in [-0.3, -0.25) is 9.59 Å². The molecule has 2 aromatic rings. The van der Waals surface area contributed by atoms with Gasteiger partial charge in [-0.15, -0.1) is 11.3 Å². The van der Waals surface area contributed by atoms with Crippen LogP contribution in [0.3, 0.4) is 0 Å². The largest absolute Gasteiger partial charge is 0.354 e. The molecule has 8 nitrogen and oxygen atoms in total. The van der Waals surface area contributed by atoms with Crippen molar-refractivity contribution in [3.05, 3.63) is 40.4 Å². The molecule has 0 aliphatic rings. The number of amides is 4. The van der Waals surface area contributed by atoms with Gasteiger partial charge >= 0.3 is 6.03 Å². The first kappa shape index (κ1) is 21.6. The third kappa shape index (κ3) is 5.43. The fraction of sp³-hybridized carbons (Fsp3) is 0.333. The molecule has 150 valence electrons. The molecule has 3 N–H and O–H groups in total. The summed E-state index contributed by atoms with van der Waals surface area (Å²) in [6.07, 6.45) is 0. The van der Waals surface area contributed by atoms with Crippen LogP contribution in [-0.2, 0) is 4.79 Å². The second-order valence-electron chi connectivity index (χ2n) is 6.34. The summed E-state index contributed by atoms with van der Waals surface area (Å²) in [5, 5.41) is 10.3. The molecule has 0 fully saturated rings. The second kappa shape index (κ2) is 9.52. The highest BCUT2D eigenvalue weighted by Crippen LogP contribution is 2.19. The molecule has 0 spiro atoms. The number of rotatable bonds is 6. The molecule has 2 rings (SSSR count). The van der Waals surface area contributed by atoms with Gasteiger partial charge in [0, 0.05) is 30.2 Å². The van der Waals surface area contributed by atoms with E-state index in [4.69, 9.17) is 11.6 Å². The minimum atomic E-state index is -0.736. The van der Waals surface area contributed by atoms with E-state index in [2.05, 4.69) is 20.9 Å². The summed E-state index contributed by atoms with van der Waals surface area (Å²) in [5.41, 5.74) is 0.789. The Kier molecular flexibility index (Phi) is 7.36. The van der Waals surface area contributed by atoms with Crippen molar-refractivity contribution in [2.75, 3.05) is 24.7 Å². The normalized spacial score (nSPS) is 11.6. The second-order valence-corrected chi connectivity index (χ2v) is 7.64. The maximum atomic E-state index is 12.8. The molecule has 0 saturated carbocycles. The van der Waals surface area contributed by atoms with Crippen molar-refractivity contribution in [2.45, 2.75) is 19.9 Å². The highest BCUT2D eigenvalue weighted by Gasteiger charge is 2.30. The van der Waals surface area contributed by atoms with Crippen LogP contribution in [0.5, 0.6) is 0 Å². The van der Waals surface area contributed by atoms with E-state index in [1.807, 2.05) is 13.8 Å². The number of carbonyl (C=O) groups is 3. The van der Waals surface area contributed by atoms with Crippen LogP contribution in [0.2, 0.25) is 5.02 Å². The Hall–Kier alpha value is -2.65. The van der Waals surface area contributed by atoms with Crippen molar-refractivity contribution in [1.29, 1.82) is 0 Å². The predicted molar refractivity (Wildman–Crippen MR) is 111 cm³/mol. The smallest absolute Gasteiger partial charge is 0.322 e. The Labute approximate surface area is 172 Å². The third-order valence-electron chi connectivity index (χ3n) is 3.93. The van der Waals surface area contributed by atoms with Crippen LogP contribution >= 0.6 is 22.9 Å². The Morgan fingerprint density at radius 1 is 1.14 bits per heavy atom. The van der Waals surface area contributed by atoms with Crippen LogP contribution in [0.1, 0.15) is 24.3 Å². The molecule has 0 aliphatic heterocycles. The Balaban J connectivity index is 2.08. The number of hydrogen-bond acceptors (Lipinski definition) is 5. The number of urea groups is 1. The zero-order valence-electron chi connectivity index (χ0n) is 15.9. The first-order valence-corrected chi connectivity index (χ1v) is 9.76. The zero-order chi connectivity index (χ0) is 20.8. The number of aromatic nitrogens is 1. The van der Waals surface area contributed by atoms with E-state index in [9.17, 15) is 14.4 Å². The molecule has 0 saturated heterocycles. The van der Waals surface area contributed by atoms with Gasteiger partial charge in [0.25, 0.3) is 5.91 Å². The van der Waals surface area contributed by atoms with Crippen LogP contribution in [0.4, 0.5) is 15.6 Å². The van der Waals surface area contributed by atoms with Crippen LogP contribution < -0.4 is 16.0 Å². The summed E-state index contributed by atoms with van der Waals surface area (Å²) in [6, 6.07) is 5.51. The summed E-state index contributed by atoms with van der Waals surface area (Å²) >= 11 is 6.99. The zero-order valence-corrected chi connectivity index (χ0v) is 17.5. The molecule has 4 amide bonds. The van der Waals surface area contributed by atoms with E-state index in [1.54, 1.807) is 36.7 Å².